The highest BCUT2D eigenvalue weighted by Gasteiger charge is 2.21. The van der Waals surface area contributed by atoms with Crippen LogP contribution in [-0.2, 0) is 11.2 Å². The summed E-state index contributed by atoms with van der Waals surface area (Å²) in [5.74, 6) is -2.80. The van der Waals surface area contributed by atoms with Gasteiger partial charge in [0.1, 0.15) is 11.8 Å². The third-order valence-electron chi connectivity index (χ3n) is 1.79. The monoisotopic (exact) mass is 230 g/mol. The number of rotatable bonds is 3. The Bertz CT molecular complexity index is 469. The third-order valence-corrected chi connectivity index (χ3v) is 1.79. The Kier molecular flexibility index (Phi) is 3.45. The van der Waals surface area contributed by atoms with Crippen LogP contribution in [0.5, 0.6) is 0 Å². The smallest absolute Gasteiger partial charge is 0.308 e. The van der Waals surface area contributed by atoms with E-state index in [9.17, 15) is 18.0 Å². The second kappa shape index (κ2) is 4.61. The van der Waals surface area contributed by atoms with Crippen molar-refractivity contribution in [3.63, 3.8) is 0 Å². The summed E-state index contributed by atoms with van der Waals surface area (Å²) in [6.07, 6.45) is -3.96. The average molecular weight is 230 g/mol. The van der Waals surface area contributed by atoms with E-state index in [0.717, 1.165) is 0 Å². The third kappa shape index (κ3) is 2.48. The zero-order chi connectivity index (χ0) is 12.3. The largest absolute Gasteiger partial charge is 0.481 e. The van der Waals surface area contributed by atoms with Crippen LogP contribution in [0.1, 0.15) is 23.2 Å². The molecule has 0 radical (unpaired) electrons. The lowest BCUT2D eigenvalue weighted by atomic mass is 10.1. The van der Waals surface area contributed by atoms with Crippen molar-refractivity contribution in [2.75, 3.05) is 0 Å². The van der Waals surface area contributed by atoms with Crippen molar-refractivity contribution < 1.29 is 23.1 Å². The highest BCUT2D eigenvalue weighted by atomic mass is 19.3. The molecule has 1 aromatic heterocycles. The van der Waals surface area contributed by atoms with Crippen molar-refractivity contribution in [3.8, 4) is 6.07 Å². The lowest BCUT2D eigenvalue weighted by Crippen LogP contribution is -2.09. The maximum Gasteiger partial charge on any atom is 0.308 e. The van der Waals surface area contributed by atoms with Gasteiger partial charge >= 0.3 is 5.97 Å². The fraction of sp³-hybridized carbons (Fsp3) is 0.222. The predicted molar refractivity (Wildman–Crippen MR) is 45.2 cm³/mol. The number of carboxylic acid groups (broad SMARTS) is 1. The zero-order valence-corrected chi connectivity index (χ0v) is 7.75. The molecule has 1 heterocycles. The number of carbonyl (C=O) groups is 1. The van der Waals surface area contributed by atoms with Crippen LogP contribution in [0.15, 0.2) is 6.07 Å². The van der Waals surface area contributed by atoms with Gasteiger partial charge in [0.2, 0.25) is 5.95 Å². The molecule has 0 unspecified atom stereocenters. The van der Waals surface area contributed by atoms with Gasteiger partial charge in [-0.1, -0.05) is 0 Å². The van der Waals surface area contributed by atoms with Gasteiger partial charge in [-0.05, 0) is 6.07 Å². The molecule has 4 nitrogen and oxygen atoms in total. The predicted octanol–water partition coefficient (Wildman–Crippen LogP) is 1.66. The Morgan fingerprint density at radius 1 is 1.62 bits per heavy atom. The van der Waals surface area contributed by atoms with Crippen LogP contribution in [-0.4, -0.2) is 16.1 Å². The summed E-state index contributed by atoms with van der Waals surface area (Å²) in [4.78, 5) is 13.4. The summed E-state index contributed by atoms with van der Waals surface area (Å²) in [6, 6.07) is 2.10. The number of hydrogen-bond donors (Lipinski definition) is 1. The SMILES string of the molecule is N#Cc1cc(C(F)F)c(CC(=O)O)c(F)n1. The first-order valence-corrected chi connectivity index (χ1v) is 4.05. The summed E-state index contributed by atoms with van der Waals surface area (Å²) in [6.45, 7) is 0. The minimum absolute atomic E-state index is 0.512. The Morgan fingerprint density at radius 3 is 2.69 bits per heavy atom. The lowest BCUT2D eigenvalue weighted by Gasteiger charge is -2.07. The van der Waals surface area contributed by atoms with E-state index in [1.165, 1.54) is 6.07 Å². The molecule has 1 aromatic rings. The fourth-order valence-electron chi connectivity index (χ4n) is 1.14. The summed E-state index contributed by atoms with van der Waals surface area (Å²) in [5, 5.41) is 16.8. The number of nitriles is 1. The van der Waals surface area contributed by atoms with Crippen molar-refractivity contribution in [3.05, 3.63) is 28.8 Å². The number of halogens is 3. The van der Waals surface area contributed by atoms with Crippen LogP contribution in [0.3, 0.4) is 0 Å². The first-order valence-electron chi connectivity index (χ1n) is 4.05. The first-order chi connectivity index (χ1) is 7.45. The summed E-state index contributed by atoms with van der Waals surface area (Å²) < 4.78 is 38.1. The minimum Gasteiger partial charge on any atom is -0.481 e. The second-order valence-corrected chi connectivity index (χ2v) is 2.85. The van der Waals surface area contributed by atoms with Gasteiger partial charge in [-0.15, -0.1) is 0 Å². The molecule has 0 aliphatic carbocycles. The number of aliphatic carboxylic acids is 1. The zero-order valence-electron chi connectivity index (χ0n) is 7.75. The van der Waals surface area contributed by atoms with E-state index in [1.807, 2.05) is 0 Å². The quantitative estimate of drug-likeness (QED) is 0.801. The normalized spacial score (nSPS) is 10.2. The molecule has 0 bridgehead atoms. The van der Waals surface area contributed by atoms with Gasteiger partial charge in [0, 0.05) is 11.1 Å². The Morgan fingerprint density at radius 2 is 2.25 bits per heavy atom. The number of carboxylic acids is 1. The summed E-state index contributed by atoms with van der Waals surface area (Å²) in [7, 11) is 0. The van der Waals surface area contributed by atoms with Gasteiger partial charge in [-0.25, -0.2) is 13.8 Å². The minimum atomic E-state index is -3.06. The molecule has 0 aromatic carbocycles. The lowest BCUT2D eigenvalue weighted by molar-refractivity contribution is -0.136. The topological polar surface area (TPSA) is 74.0 Å². The van der Waals surface area contributed by atoms with Crippen molar-refractivity contribution in [1.82, 2.24) is 4.98 Å². The van der Waals surface area contributed by atoms with E-state index in [1.54, 1.807) is 0 Å². The number of aromatic nitrogens is 1. The number of nitrogens with zero attached hydrogens (tertiary/aromatic N) is 2. The van der Waals surface area contributed by atoms with Crippen LogP contribution < -0.4 is 0 Å². The molecule has 84 valence electrons. The van der Waals surface area contributed by atoms with Crippen LogP contribution in [0.4, 0.5) is 13.2 Å². The molecule has 0 saturated heterocycles. The Labute approximate surface area is 88.0 Å². The highest BCUT2D eigenvalue weighted by molar-refractivity contribution is 5.70. The molecule has 1 rings (SSSR count). The van der Waals surface area contributed by atoms with E-state index in [4.69, 9.17) is 10.4 Å². The standard InChI is InChI=1S/C9H5F3N2O2/c10-8(11)5-1-4(3-13)14-9(12)6(5)2-7(15)16/h1,8H,2H2,(H,15,16). The number of alkyl halides is 2. The molecule has 0 aliphatic rings. The van der Waals surface area contributed by atoms with Gasteiger partial charge in [-0.3, -0.25) is 4.79 Å². The van der Waals surface area contributed by atoms with Crippen LogP contribution in [0.25, 0.3) is 0 Å². The van der Waals surface area contributed by atoms with Gasteiger partial charge in [0.25, 0.3) is 6.43 Å². The molecular formula is C9H5F3N2O2. The van der Waals surface area contributed by atoms with Gasteiger partial charge < -0.3 is 5.11 Å². The van der Waals surface area contributed by atoms with E-state index < -0.39 is 41.6 Å². The second-order valence-electron chi connectivity index (χ2n) is 2.85. The van der Waals surface area contributed by atoms with Crippen LogP contribution >= 0.6 is 0 Å². The molecule has 0 aliphatic heterocycles. The van der Waals surface area contributed by atoms with Crippen molar-refractivity contribution in [2.45, 2.75) is 12.8 Å². The molecule has 0 spiro atoms. The number of hydrogen-bond acceptors (Lipinski definition) is 3. The average Bonchev–Trinajstić information content (AvgIpc) is 2.19. The summed E-state index contributed by atoms with van der Waals surface area (Å²) in [5.41, 5.74) is -2.02. The molecule has 0 fully saturated rings. The van der Waals surface area contributed by atoms with Crippen molar-refractivity contribution in [1.29, 1.82) is 5.26 Å². The Hall–Kier alpha value is -2.10. The molecule has 7 heteroatoms. The Balaban J connectivity index is 3.35. The summed E-state index contributed by atoms with van der Waals surface area (Å²) >= 11 is 0. The molecule has 16 heavy (non-hydrogen) atoms. The van der Waals surface area contributed by atoms with E-state index in [0.29, 0.717) is 6.07 Å². The fourth-order valence-corrected chi connectivity index (χ4v) is 1.14. The first kappa shape index (κ1) is 12.0. The molecule has 0 atom stereocenters. The van der Waals surface area contributed by atoms with E-state index in [2.05, 4.69) is 4.98 Å². The van der Waals surface area contributed by atoms with Crippen LogP contribution in [0, 0.1) is 17.3 Å². The molecular weight excluding hydrogens is 225 g/mol. The van der Waals surface area contributed by atoms with Crippen LogP contribution in [0.2, 0.25) is 0 Å². The van der Waals surface area contributed by atoms with Gasteiger partial charge in [0.05, 0.1) is 6.42 Å². The molecule has 0 amide bonds. The van der Waals surface area contributed by atoms with Gasteiger partial charge in [0.15, 0.2) is 0 Å². The van der Waals surface area contributed by atoms with E-state index in [-0.39, 0.29) is 0 Å². The molecule has 1 N–H and O–H groups in total. The van der Waals surface area contributed by atoms with Crippen molar-refractivity contribution >= 4 is 5.97 Å². The maximum atomic E-state index is 13.2. The molecule has 0 saturated carbocycles. The number of pyridine rings is 1. The maximum absolute atomic E-state index is 13.2. The highest BCUT2D eigenvalue weighted by Crippen LogP contribution is 2.25. The van der Waals surface area contributed by atoms with E-state index >= 15 is 0 Å². The van der Waals surface area contributed by atoms with Gasteiger partial charge in [-0.2, -0.15) is 9.65 Å². The van der Waals surface area contributed by atoms with Crippen molar-refractivity contribution in [2.24, 2.45) is 0 Å².